The largest absolute Gasteiger partial charge is 0.338 e. The summed E-state index contributed by atoms with van der Waals surface area (Å²) in [6.45, 7) is 6.36. The molecule has 21 heavy (non-hydrogen) atoms. The molecule has 0 saturated carbocycles. The minimum Gasteiger partial charge on any atom is -0.338 e. The van der Waals surface area contributed by atoms with Crippen LogP contribution in [-0.2, 0) is 0 Å². The third-order valence-corrected chi connectivity index (χ3v) is 3.69. The quantitative estimate of drug-likeness (QED) is 0.933. The molecule has 2 N–H and O–H groups in total. The van der Waals surface area contributed by atoms with Crippen LogP contribution in [0.15, 0.2) is 30.3 Å². The molecule has 2 aromatic rings. The average Bonchev–Trinajstić information content (AvgIpc) is 2.83. The van der Waals surface area contributed by atoms with Gasteiger partial charge in [-0.25, -0.2) is 4.68 Å². The number of aromatic nitrogens is 2. The zero-order chi connectivity index (χ0) is 15.6. The molecular formula is C16H22N4O. The molecule has 1 aromatic heterocycles. The number of carbonyl (C=O) groups is 1. The van der Waals surface area contributed by atoms with Crippen LogP contribution in [0.25, 0.3) is 5.69 Å². The fourth-order valence-corrected chi connectivity index (χ4v) is 2.20. The van der Waals surface area contributed by atoms with E-state index in [1.807, 2.05) is 55.8 Å². The summed E-state index contributed by atoms with van der Waals surface area (Å²) in [5.74, 6) is -0.0205. The van der Waals surface area contributed by atoms with E-state index in [1.165, 1.54) is 0 Å². The monoisotopic (exact) mass is 286 g/mol. The lowest BCUT2D eigenvalue weighted by Gasteiger charge is -2.23. The highest BCUT2D eigenvalue weighted by Crippen LogP contribution is 2.14. The second-order valence-corrected chi connectivity index (χ2v) is 5.39. The Morgan fingerprint density at radius 2 is 1.95 bits per heavy atom. The molecule has 1 heterocycles. The molecule has 0 bridgehead atoms. The Morgan fingerprint density at radius 1 is 1.33 bits per heavy atom. The van der Waals surface area contributed by atoms with E-state index in [9.17, 15) is 4.79 Å². The number of hydrogen-bond donors (Lipinski definition) is 1. The maximum absolute atomic E-state index is 12.3. The van der Waals surface area contributed by atoms with Gasteiger partial charge in [-0.15, -0.1) is 0 Å². The van der Waals surface area contributed by atoms with Crippen LogP contribution in [0.2, 0.25) is 0 Å². The number of aryl methyl sites for hydroxylation is 2. The van der Waals surface area contributed by atoms with Gasteiger partial charge in [0.2, 0.25) is 0 Å². The van der Waals surface area contributed by atoms with Crippen molar-refractivity contribution in [2.24, 2.45) is 5.73 Å². The first-order chi connectivity index (χ1) is 9.93. The van der Waals surface area contributed by atoms with Gasteiger partial charge in [-0.1, -0.05) is 0 Å². The molecule has 5 nitrogen and oxygen atoms in total. The number of amides is 1. The van der Waals surface area contributed by atoms with Gasteiger partial charge in [-0.05, 0) is 51.1 Å². The van der Waals surface area contributed by atoms with E-state index in [2.05, 4.69) is 5.10 Å². The van der Waals surface area contributed by atoms with Gasteiger partial charge in [0.1, 0.15) is 0 Å². The van der Waals surface area contributed by atoms with Crippen molar-refractivity contribution in [3.05, 3.63) is 47.3 Å². The number of carbonyl (C=O) groups excluding carboxylic acids is 1. The number of benzene rings is 1. The molecule has 0 aliphatic heterocycles. The number of hydrogen-bond acceptors (Lipinski definition) is 3. The molecule has 1 amide bonds. The van der Waals surface area contributed by atoms with Crippen molar-refractivity contribution in [2.45, 2.75) is 26.8 Å². The lowest BCUT2D eigenvalue weighted by Crippen LogP contribution is -2.39. The Kier molecular flexibility index (Phi) is 4.43. The lowest BCUT2D eigenvalue weighted by molar-refractivity contribution is 0.0748. The molecule has 2 rings (SSSR count). The Bertz CT molecular complexity index is 630. The van der Waals surface area contributed by atoms with Crippen LogP contribution < -0.4 is 5.73 Å². The van der Waals surface area contributed by atoms with E-state index < -0.39 is 0 Å². The Labute approximate surface area is 125 Å². The van der Waals surface area contributed by atoms with E-state index >= 15 is 0 Å². The SMILES string of the molecule is Cc1cc(C)n(-c2ccc(C(=O)N(C)C(C)CN)cc2)n1. The molecule has 0 spiro atoms. The maximum Gasteiger partial charge on any atom is 0.253 e. The van der Waals surface area contributed by atoms with Crippen molar-refractivity contribution in [3.8, 4) is 5.69 Å². The van der Waals surface area contributed by atoms with Gasteiger partial charge in [-0.2, -0.15) is 5.10 Å². The first-order valence-corrected chi connectivity index (χ1v) is 7.05. The van der Waals surface area contributed by atoms with Crippen LogP contribution in [0.5, 0.6) is 0 Å². The van der Waals surface area contributed by atoms with Crippen molar-refractivity contribution in [1.29, 1.82) is 0 Å². The van der Waals surface area contributed by atoms with Crippen LogP contribution in [0.3, 0.4) is 0 Å². The van der Waals surface area contributed by atoms with Gasteiger partial charge < -0.3 is 10.6 Å². The molecule has 5 heteroatoms. The summed E-state index contributed by atoms with van der Waals surface area (Å²) in [5, 5.41) is 4.44. The van der Waals surface area contributed by atoms with Crippen molar-refractivity contribution >= 4 is 5.91 Å². The zero-order valence-electron chi connectivity index (χ0n) is 13.0. The minimum atomic E-state index is -0.0205. The molecule has 112 valence electrons. The van der Waals surface area contributed by atoms with Crippen molar-refractivity contribution in [1.82, 2.24) is 14.7 Å². The molecular weight excluding hydrogens is 264 g/mol. The standard InChI is InChI=1S/C16H22N4O/c1-11-9-12(2)20(18-11)15-7-5-14(6-8-15)16(21)19(4)13(3)10-17/h5-9,13H,10,17H2,1-4H3. The molecule has 1 unspecified atom stereocenters. The summed E-state index contributed by atoms with van der Waals surface area (Å²) in [6.07, 6.45) is 0. The summed E-state index contributed by atoms with van der Waals surface area (Å²) in [4.78, 5) is 14.0. The van der Waals surface area contributed by atoms with Crippen LogP contribution in [0.4, 0.5) is 0 Å². The summed E-state index contributed by atoms with van der Waals surface area (Å²) in [6, 6.07) is 9.52. The number of nitrogens with two attached hydrogens (primary N) is 1. The lowest BCUT2D eigenvalue weighted by atomic mass is 10.1. The highest BCUT2D eigenvalue weighted by atomic mass is 16.2. The Morgan fingerprint density at radius 3 is 2.43 bits per heavy atom. The third kappa shape index (κ3) is 3.13. The minimum absolute atomic E-state index is 0.0205. The van der Waals surface area contributed by atoms with Crippen molar-refractivity contribution < 1.29 is 4.79 Å². The van der Waals surface area contributed by atoms with Crippen LogP contribution in [0, 0.1) is 13.8 Å². The highest BCUT2D eigenvalue weighted by Gasteiger charge is 2.16. The third-order valence-electron chi connectivity index (χ3n) is 3.69. The first-order valence-electron chi connectivity index (χ1n) is 7.05. The zero-order valence-corrected chi connectivity index (χ0v) is 13.0. The molecule has 0 saturated heterocycles. The maximum atomic E-state index is 12.3. The summed E-state index contributed by atoms with van der Waals surface area (Å²) >= 11 is 0. The summed E-state index contributed by atoms with van der Waals surface area (Å²) < 4.78 is 1.87. The van der Waals surface area contributed by atoms with Gasteiger partial charge >= 0.3 is 0 Å². The van der Waals surface area contributed by atoms with Crippen molar-refractivity contribution in [2.75, 3.05) is 13.6 Å². The summed E-state index contributed by atoms with van der Waals surface area (Å²) in [7, 11) is 1.77. The molecule has 1 atom stereocenters. The first kappa shape index (κ1) is 15.3. The van der Waals surface area contributed by atoms with E-state index in [1.54, 1.807) is 11.9 Å². The molecule has 1 aromatic carbocycles. The molecule has 0 fully saturated rings. The smallest absolute Gasteiger partial charge is 0.253 e. The molecule has 0 radical (unpaired) electrons. The molecule has 0 aliphatic rings. The van der Waals surface area contributed by atoms with Crippen molar-refractivity contribution in [3.63, 3.8) is 0 Å². The predicted octanol–water partition coefficient (Wildman–Crippen LogP) is 1.91. The van der Waals surface area contributed by atoms with Gasteiger partial charge in [0.25, 0.3) is 5.91 Å². The highest BCUT2D eigenvalue weighted by molar-refractivity contribution is 5.94. The number of likely N-dealkylation sites (N-methyl/N-ethyl adjacent to an activating group) is 1. The number of rotatable bonds is 4. The van der Waals surface area contributed by atoms with E-state index in [0.717, 1.165) is 17.1 Å². The van der Waals surface area contributed by atoms with Gasteiger partial charge in [0.05, 0.1) is 11.4 Å². The fraction of sp³-hybridized carbons (Fsp3) is 0.375. The van der Waals surface area contributed by atoms with E-state index in [-0.39, 0.29) is 11.9 Å². The van der Waals surface area contributed by atoms with E-state index in [0.29, 0.717) is 12.1 Å². The molecule has 0 aliphatic carbocycles. The topological polar surface area (TPSA) is 64.2 Å². The Hall–Kier alpha value is -2.14. The second-order valence-electron chi connectivity index (χ2n) is 5.39. The average molecular weight is 286 g/mol. The van der Waals surface area contributed by atoms with Gasteiger partial charge in [0.15, 0.2) is 0 Å². The van der Waals surface area contributed by atoms with Crippen LogP contribution in [-0.4, -0.2) is 40.2 Å². The predicted molar refractivity (Wildman–Crippen MR) is 83.6 cm³/mol. The van der Waals surface area contributed by atoms with Gasteiger partial charge in [-0.3, -0.25) is 4.79 Å². The Balaban J connectivity index is 2.23. The summed E-state index contributed by atoms with van der Waals surface area (Å²) in [5.41, 5.74) is 9.25. The van der Waals surface area contributed by atoms with Crippen LogP contribution in [0.1, 0.15) is 28.7 Å². The second kappa shape index (κ2) is 6.10. The van der Waals surface area contributed by atoms with Crippen LogP contribution >= 0.6 is 0 Å². The number of nitrogens with zero attached hydrogens (tertiary/aromatic N) is 3. The van der Waals surface area contributed by atoms with E-state index in [4.69, 9.17) is 5.73 Å². The normalized spacial score (nSPS) is 12.2. The fourth-order valence-electron chi connectivity index (χ4n) is 2.20. The van der Waals surface area contributed by atoms with Gasteiger partial charge in [0, 0.05) is 30.9 Å².